The van der Waals surface area contributed by atoms with Gasteiger partial charge in [0.05, 0.1) is 6.04 Å². The van der Waals surface area contributed by atoms with Gasteiger partial charge in [0.2, 0.25) is 11.8 Å². The zero-order valence-corrected chi connectivity index (χ0v) is 32.7. The lowest BCUT2D eigenvalue weighted by Crippen LogP contribution is -2.46. The lowest BCUT2D eigenvalue weighted by molar-refractivity contribution is -0.137. The van der Waals surface area contributed by atoms with Crippen LogP contribution in [-0.4, -0.2) is 103 Å². The molecule has 57 heavy (non-hydrogen) atoms. The smallest absolute Gasteiger partial charge is 0.407 e. The van der Waals surface area contributed by atoms with Crippen LogP contribution in [0.1, 0.15) is 56.1 Å². The molecule has 1 heterocycles. The Morgan fingerprint density at radius 3 is 2.07 bits per heavy atom. The first-order valence-electron chi connectivity index (χ1n) is 17.8. The summed E-state index contributed by atoms with van der Waals surface area (Å²) in [6.45, 7) is -0.407. The Labute approximate surface area is 327 Å². The normalized spacial score (nSPS) is 14.9. The number of ether oxygens (including phenoxy) is 2. The first kappa shape index (κ1) is 46.5. The highest BCUT2D eigenvalue weighted by Crippen LogP contribution is 2.69. The molecule has 2 aromatic rings. The quantitative estimate of drug-likeness (QED) is 0.0365. The van der Waals surface area contributed by atoms with Gasteiger partial charge in [0.25, 0.3) is 5.08 Å². The van der Waals surface area contributed by atoms with Crippen LogP contribution in [0.2, 0.25) is 0 Å². The third-order valence-electron chi connectivity index (χ3n) is 8.85. The van der Waals surface area contributed by atoms with Crippen molar-refractivity contribution < 1.29 is 67.3 Å². The lowest BCUT2D eigenvalue weighted by Gasteiger charge is -2.29. The van der Waals surface area contributed by atoms with Crippen LogP contribution in [0, 0.1) is 5.92 Å². The summed E-state index contributed by atoms with van der Waals surface area (Å²) in [4.78, 5) is 106. The van der Waals surface area contributed by atoms with E-state index in [0.29, 0.717) is 37.1 Å². The van der Waals surface area contributed by atoms with Gasteiger partial charge in [0, 0.05) is 44.1 Å². The first-order valence-corrected chi connectivity index (χ1v) is 21.0. The number of guanidine groups is 1. The molecule has 0 unspecified atom stereocenters. The lowest BCUT2D eigenvalue weighted by atomic mass is 9.92. The fourth-order valence-corrected chi connectivity index (χ4v) is 8.04. The van der Waals surface area contributed by atoms with E-state index in [4.69, 9.17) is 20.9 Å². The van der Waals surface area contributed by atoms with Crippen LogP contribution in [0.5, 0.6) is 0 Å². The Hall–Kier alpha value is -4.88. The van der Waals surface area contributed by atoms with E-state index in [-0.39, 0.29) is 57.4 Å². The highest BCUT2D eigenvalue weighted by atomic mass is 31.2. The fourth-order valence-electron chi connectivity index (χ4n) is 5.78. The van der Waals surface area contributed by atoms with Crippen LogP contribution >= 0.6 is 15.2 Å². The maximum absolute atomic E-state index is 13.6. The van der Waals surface area contributed by atoms with Crippen molar-refractivity contribution in [1.82, 2.24) is 15.5 Å². The molecule has 1 aliphatic heterocycles. The van der Waals surface area contributed by atoms with Crippen LogP contribution in [-0.2, 0) is 46.2 Å². The average molecular weight is 842 g/mol. The Morgan fingerprint density at radius 1 is 0.877 bits per heavy atom. The van der Waals surface area contributed by atoms with E-state index in [2.05, 4.69) is 20.9 Å². The van der Waals surface area contributed by atoms with E-state index in [0.717, 1.165) is 5.56 Å². The maximum atomic E-state index is 13.6. The Balaban J connectivity index is 1.52. The number of aliphatic hydroxyl groups is 1. The number of likely N-dealkylation sites (tertiary alicyclic amines) is 1. The minimum atomic E-state index is -5.62. The van der Waals surface area contributed by atoms with Crippen molar-refractivity contribution in [3.63, 3.8) is 0 Å². The van der Waals surface area contributed by atoms with Gasteiger partial charge in [-0.05, 0) is 55.4 Å². The number of benzene rings is 2. The SMILES string of the molecule is NC(N)=NCCC[C@H](CC(=O)[C@@H]1CCCN1C(=O)CNC(=O)OCc1ccccc1)C(=O)Nc1ccc(COC(=O)NCCCC(O)(P(=O)(O)O)P(=O)(O)O)cc1. The molecule has 0 saturated carbocycles. The number of hydrogen-bond donors (Lipinski definition) is 10. The molecule has 1 fully saturated rings. The third-order valence-corrected chi connectivity index (χ3v) is 12.7. The number of hydrogen-bond acceptors (Lipinski definition) is 11. The molecule has 0 radical (unpaired) electrons. The predicted octanol–water partition coefficient (Wildman–Crippen LogP) is 1.18. The van der Waals surface area contributed by atoms with E-state index in [1.54, 1.807) is 36.4 Å². The van der Waals surface area contributed by atoms with Crippen molar-refractivity contribution in [3.05, 3.63) is 65.7 Å². The van der Waals surface area contributed by atoms with Crippen molar-refractivity contribution in [3.8, 4) is 0 Å². The minimum absolute atomic E-state index is 0.0211. The number of amides is 4. The molecule has 0 aromatic heterocycles. The average Bonchev–Trinajstić information content (AvgIpc) is 3.65. The van der Waals surface area contributed by atoms with Gasteiger partial charge in [-0.25, -0.2) is 9.59 Å². The highest BCUT2D eigenvalue weighted by Gasteiger charge is 2.58. The molecular weight excluding hydrogens is 792 g/mol. The van der Waals surface area contributed by atoms with Crippen molar-refractivity contribution >= 4 is 56.6 Å². The second-order valence-corrected chi connectivity index (χ2v) is 17.1. The summed E-state index contributed by atoms with van der Waals surface area (Å²) >= 11 is 0. The van der Waals surface area contributed by atoms with Crippen molar-refractivity contribution in [2.45, 2.75) is 69.3 Å². The number of rotatable bonds is 21. The molecule has 2 aromatic carbocycles. The monoisotopic (exact) mass is 841 g/mol. The summed E-state index contributed by atoms with van der Waals surface area (Å²) in [6, 6.07) is 14.4. The van der Waals surface area contributed by atoms with Crippen LogP contribution in [0.15, 0.2) is 59.6 Å². The molecule has 1 aliphatic rings. The first-order chi connectivity index (χ1) is 26.8. The van der Waals surface area contributed by atoms with E-state index < -0.39 is 69.1 Å². The molecular formula is C34H49N7O14P2. The van der Waals surface area contributed by atoms with Crippen molar-refractivity contribution in [2.24, 2.45) is 22.4 Å². The van der Waals surface area contributed by atoms with Gasteiger partial charge < -0.3 is 66.5 Å². The van der Waals surface area contributed by atoms with Gasteiger partial charge in [-0.1, -0.05) is 42.5 Å². The second-order valence-electron chi connectivity index (χ2n) is 13.1. The maximum Gasteiger partial charge on any atom is 0.407 e. The summed E-state index contributed by atoms with van der Waals surface area (Å²) in [5.41, 5.74) is 12.5. The molecule has 23 heteroatoms. The summed E-state index contributed by atoms with van der Waals surface area (Å²) in [5, 5.41) is 13.7. The standard InChI is InChI=1S/C34H49N7O14P2/c35-31(36)37-16-4-9-25(19-28(42)27-10-5-18-41(27)29(43)20-39-33(46)55-21-23-7-2-1-3-8-23)30(44)40-26-13-11-24(12-14-26)22-54-32(45)38-17-6-15-34(47,56(48,49)50)57(51,52)53/h1-3,7-8,11-14,25,27,47H,4-6,9-10,15-22H2,(H,38,45)(H,39,46)(H,40,44)(H4,35,36,37)(H2,48,49,50)(H2,51,52,53)/t25-,27+/m1/s1. The molecule has 2 atom stereocenters. The second kappa shape index (κ2) is 21.6. The molecule has 1 saturated heterocycles. The number of aliphatic imine (C=N–C) groups is 1. The Morgan fingerprint density at radius 2 is 1.47 bits per heavy atom. The number of carbonyl (C=O) groups is 5. The van der Waals surface area contributed by atoms with E-state index in [9.17, 15) is 57.8 Å². The van der Waals surface area contributed by atoms with Crippen molar-refractivity contribution in [2.75, 3.05) is 31.5 Å². The largest absolute Gasteiger partial charge is 0.445 e. The van der Waals surface area contributed by atoms with Crippen molar-refractivity contribution in [1.29, 1.82) is 0 Å². The van der Waals surface area contributed by atoms with Gasteiger partial charge in [0.15, 0.2) is 11.7 Å². The van der Waals surface area contributed by atoms with Gasteiger partial charge in [0.1, 0.15) is 19.8 Å². The van der Waals surface area contributed by atoms with E-state index >= 15 is 0 Å². The van der Waals surface area contributed by atoms with Crippen LogP contribution < -0.4 is 27.4 Å². The summed E-state index contributed by atoms with van der Waals surface area (Å²) in [6.07, 6.45) is -1.78. The van der Waals surface area contributed by atoms with E-state index in [1.165, 1.54) is 17.0 Å². The molecule has 0 bridgehead atoms. The molecule has 12 N–H and O–H groups in total. The zero-order valence-electron chi connectivity index (χ0n) is 30.9. The van der Waals surface area contributed by atoms with Gasteiger partial charge in [-0.3, -0.25) is 28.5 Å². The predicted molar refractivity (Wildman–Crippen MR) is 204 cm³/mol. The topological polar surface area (TPSA) is 343 Å². The van der Waals surface area contributed by atoms with Gasteiger partial charge >= 0.3 is 27.4 Å². The summed E-state index contributed by atoms with van der Waals surface area (Å²) < 4.78 is 33.1. The Kier molecular flexibility index (Phi) is 17.6. The number of nitrogens with one attached hydrogen (secondary N) is 3. The zero-order chi connectivity index (χ0) is 42.2. The number of Topliss-reactive ketones (excluding diaryl/α,β-unsaturated/α-hetero) is 1. The van der Waals surface area contributed by atoms with Gasteiger partial charge in [-0.2, -0.15) is 0 Å². The molecule has 0 aliphatic carbocycles. The van der Waals surface area contributed by atoms with Crippen LogP contribution in [0.25, 0.3) is 0 Å². The molecule has 4 amide bonds. The molecule has 0 spiro atoms. The van der Waals surface area contributed by atoms with Gasteiger partial charge in [-0.15, -0.1) is 0 Å². The Bertz CT molecular complexity index is 1800. The number of nitrogens with zero attached hydrogens (tertiary/aromatic N) is 2. The number of anilines is 1. The number of nitrogens with two attached hydrogens (primary N) is 2. The molecule has 314 valence electrons. The molecule has 21 nitrogen and oxygen atoms in total. The minimum Gasteiger partial charge on any atom is -0.445 e. The molecule has 3 rings (SSSR count). The summed E-state index contributed by atoms with van der Waals surface area (Å²) in [7, 11) is -11.2. The van der Waals surface area contributed by atoms with Crippen LogP contribution in [0.3, 0.4) is 0 Å². The fraction of sp³-hybridized carbons (Fsp3) is 0.471. The highest BCUT2D eigenvalue weighted by molar-refractivity contribution is 7.72. The summed E-state index contributed by atoms with van der Waals surface area (Å²) in [5.74, 6) is -2.20. The van der Waals surface area contributed by atoms with E-state index in [1.807, 2.05) is 6.07 Å². The third kappa shape index (κ3) is 14.9. The number of ketones is 1. The number of carbonyl (C=O) groups excluding carboxylic acids is 5. The number of alkyl carbamates (subject to hydrolysis) is 2. The van der Waals surface area contributed by atoms with Crippen LogP contribution in [0.4, 0.5) is 15.3 Å².